The fourth-order valence-corrected chi connectivity index (χ4v) is 3.44. The minimum absolute atomic E-state index is 0.143. The zero-order chi connectivity index (χ0) is 18.5. The van der Waals surface area contributed by atoms with Gasteiger partial charge in [-0.15, -0.1) is 21.5 Å². The van der Waals surface area contributed by atoms with E-state index in [1.165, 1.54) is 11.8 Å². The third kappa shape index (κ3) is 4.83. The molecule has 2 aromatic heterocycles. The molecule has 26 heavy (non-hydrogen) atoms. The van der Waals surface area contributed by atoms with Crippen LogP contribution >= 0.6 is 23.1 Å². The van der Waals surface area contributed by atoms with Crippen LogP contribution in [-0.2, 0) is 11.2 Å². The zero-order valence-corrected chi connectivity index (χ0v) is 16.2. The summed E-state index contributed by atoms with van der Waals surface area (Å²) in [5.74, 6) is 1.08. The van der Waals surface area contributed by atoms with Gasteiger partial charge in [0.1, 0.15) is 5.75 Å². The van der Waals surface area contributed by atoms with Crippen molar-refractivity contribution in [2.45, 2.75) is 30.7 Å². The summed E-state index contributed by atoms with van der Waals surface area (Å²) in [7, 11) is 1.60. The van der Waals surface area contributed by atoms with Crippen LogP contribution in [0.25, 0.3) is 0 Å². The summed E-state index contributed by atoms with van der Waals surface area (Å²) in [6.07, 6.45) is 0.490. The quantitative estimate of drug-likeness (QED) is 0.617. The van der Waals surface area contributed by atoms with Gasteiger partial charge in [-0.2, -0.15) is 0 Å². The van der Waals surface area contributed by atoms with Crippen molar-refractivity contribution in [2.75, 3.05) is 12.4 Å². The van der Waals surface area contributed by atoms with Crippen LogP contribution in [0.3, 0.4) is 0 Å². The summed E-state index contributed by atoms with van der Waals surface area (Å²) in [5, 5.41) is 13.8. The van der Waals surface area contributed by atoms with Crippen LogP contribution in [0.5, 0.6) is 5.75 Å². The Morgan fingerprint density at radius 2 is 2.12 bits per heavy atom. The van der Waals surface area contributed by atoms with Gasteiger partial charge < -0.3 is 14.5 Å². The average Bonchev–Trinajstić information content (AvgIpc) is 3.24. The van der Waals surface area contributed by atoms with Gasteiger partial charge in [-0.1, -0.05) is 11.8 Å². The topological polar surface area (TPSA) is 90.1 Å². The third-order valence-electron chi connectivity index (χ3n) is 3.45. The number of anilines is 1. The van der Waals surface area contributed by atoms with Crippen LogP contribution in [0, 0.1) is 6.92 Å². The number of carbonyl (C=O) groups is 1. The van der Waals surface area contributed by atoms with Gasteiger partial charge in [0.25, 0.3) is 5.22 Å². The maximum absolute atomic E-state index is 12.3. The minimum atomic E-state index is -0.382. The van der Waals surface area contributed by atoms with E-state index < -0.39 is 0 Å². The molecule has 0 radical (unpaired) electrons. The van der Waals surface area contributed by atoms with Gasteiger partial charge in [0.2, 0.25) is 11.8 Å². The number of hydrogen-bond acceptors (Lipinski definition) is 8. The molecule has 1 amide bonds. The first-order valence-corrected chi connectivity index (χ1v) is 9.64. The normalized spacial score (nSPS) is 12.0. The van der Waals surface area contributed by atoms with E-state index in [-0.39, 0.29) is 11.2 Å². The number of ether oxygens (including phenoxy) is 1. The first-order valence-electron chi connectivity index (χ1n) is 7.88. The molecule has 0 fully saturated rings. The number of benzene rings is 1. The highest BCUT2D eigenvalue weighted by Gasteiger charge is 2.19. The van der Waals surface area contributed by atoms with Crippen molar-refractivity contribution < 1.29 is 13.9 Å². The Balaban J connectivity index is 1.55. The number of nitrogens with zero attached hydrogens (tertiary/aromatic N) is 3. The Labute approximate surface area is 159 Å². The van der Waals surface area contributed by atoms with Gasteiger partial charge in [0.05, 0.1) is 29.5 Å². The molecule has 1 N–H and O–H groups in total. The molecule has 1 atom stereocenters. The molecule has 9 heteroatoms. The van der Waals surface area contributed by atoms with Crippen molar-refractivity contribution in [1.29, 1.82) is 0 Å². The molecular weight excluding hydrogens is 372 g/mol. The van der Waals surface area contributed by atoms with Crippen molar-refractivity contribution in [1.82, 2.24) is 15.2 Å². The molecule has 2 heterocycles. The Bertz CT molecular complexity index is 876. The maximum atomic E-state index is 12.3. The van der Waals surface area contributed by atoms with Crippen molar-refractivity contribution in [3.8, 4) is 5.75 Å². The summed E-state index contributed by atoms with van der Waals surface area (Å²) in [5.41, 5.74) is 1.60. The van der Waals surface area contributed by atoms with Gasteiger partial charge in [-0.25, -0.2) is 4.98 Å². The second kappa shape index (κ2) is 8.33. The first-order chi connectivity index (χ1) is 12.5. The lowest BCUT2D eigenvalue weighted by Gasteiger charge is -2.10. The lowest BCUT2D eigenvalue weighted by molar-refractivity contribution is -0.115. The monoisotopic (exact) mass is 390 g/mol. The van der Waals surface area contributed by atoms with Gasteiger partial charge >= 0.3 is 0 Å². The number of thioether (sulfide) groups is 1. The molecular formula is C17H18N4O3S2. The summed E-state index contributed by atoms with van der Waals surface area (Å²) >= 11 is 2.80. The number of aryl methyl sites for hydroxylation is 1. The van der Waals surface area contributed by atoms with E-state index in [0.29, 0.717) is 23.2 Å². The zero-order valence-electron chi connectivity index (χ0n) is 14.6. The molecule has 1 aromatic carbocycles. The van der Waals surface area contributed by atoms with E-state index in [9.17, 15) is 4.79 Å². The number of amides is 1. The molecule has 0 bridgehead atoms. The Kier molecular flexibility index (Phi) is 5.89. The lowest BCUT2D eigenvalue weighted by atomic mass is 10.3. The van der Waals surface area contributed by atoms with Crippen molar-refractivity contribution in [2.24, 2.45) is 0 Å². The minimum Gasteiger partial charge on any atom is -0.497 e. The van der Waals surface area contributed by atoms with E-state index in [1.807, 2.05) is 12.3 Å². The fraction of sp³-hybridized carbons (Fsp3) is 0.294. The molecule has 0 aliphatic carbocycles. The molecule has 0 saturated heterocycles. The fourth-order valence-electron chi connectivity index (χ4n) is 2.12. The Morgan fingerprint density at radius 1 is 1.35 bits per heavy atom. The van der Waals surface area contributed by atoms with E-state index >= 15 is 0 Å². The predicted octanol–water partition coefficient (Wildman–Crippen LogP) is 3.55. The summed E-state index contributed by atoms with van der Waals surface area (Å²) < 4.78 is 10.7. The SMILES string of the molecule is COc1ccc(NC(=O)[C@@H](C)Sc2nnc(Cc3csc(C)n3)o2)cc1. The molecule has 3 rings (SSSR count). The van der Waals surface area contributed by atoms with Gasteiger partial charge in [0.15, 0.2) is 0 Å². The molecule has 0 aliphatic heterocycles. The largest absolute Gasteiger partial charge is 0.497 e. The smallest absolute Gasteiger partial charge is 0.277 e. The molecule has 7 nitrogen and oxygen atoms in total. The molecule has 0 spiro atoms. The van der Waals surface area contributed by atoms with Crippen molar-refractivity contribution in [3.63, 3.8) is 0 Å². The third-order valence-corrected chi connectivity index (χ3v) is 5.21. The van der Waals surface area contributed by atoms with Crippen LogP contribution in [-0.4, -0.2) is 33.4 Å². The second-order valence-corrected chi connectivity index (χ2v) is 7.83. The van der Waals surface area contributed by atoms with Crippen LogP contribution in [0.2, 0.25) is 0 Å². The summed E-state index contributed by atoms with van der Waals surface area (Å²) in [6.45, 7) is 3.74. The maximum Gasteiger partial charge on any atom is 0.277 e. The highest BCUT2D eigenvalue weighted by molar-refractivity contribution is 8.00. The molecule has 0 saturated carbocycles. The van der Waals surface area contributed by atoms with Crippen LogP contribution in [0.1, 0.15) is 23.5 Å². The van der Waals surface area contributed by atoms with Crippen LogP contribution in [0.4, 0.5) is 5.69 Å². The Morgan fingerprint density at radius 3 is 2.77 bits per heavy atom. The lowest BCUT2D eigenvalue weighted by Crippen LogP contribution is -2.22. The van der Waals surface area contributed by atoms with Gasteiger partial charge in [-0.3, -0.25) is 4.79 Å². The van der Waals surface area contributed by atoms with E-state index in [1.54, 1.807) is 49.6 Å². The van der Waals surface area contributed by atoms with Crippen LogP contribution in [0.15, 0.2) is 39.3 Å². The predicted molar refractivity (Wildman–Crippen MR) is 101 cm³/mol. The summed E-state index contributed by atoms with van der Waals surface area (Å²) in [4.78, 5) is 16.7. The van der Waals surface area contributed by atoms with Gasteiger partial charge in [0, 0.05) is 11.1 Å². The number of thiazole rings is 1. The van der Waals surface area contributed by atoms with Crippen LogP contribution < -0.4 is 10.1 Å². The first kappa shape index (κ1) is 18.4. The molecule has 3 aromatic rings. The molecule has 0 aliphatic rings. The number of nitrogens with one attached hydrogen (secondary N) is 1. The molecule has 0 unspecified atom stereocenters. The van der Waals surface area contributed by atoms with E-state index in [2.05, 4.69) is 20.5 Å². The highest BCUT2D eigenvalue weighted by Crippen LogP contribution is 2.24. The average molecular weight is 390 g/mol. The number of hydrogen-bond donors (Lipinski definition) is 1. The number of methoxy groups -OCH3 is 1. The second-order valence-electron chi connectivity index (χ2n) is 5.47. The highest BCUT2D eigenvalue weighted by atomic mass is 32.2. The molecule has 136 valence electrons. The van der Waals surface area contributed by atoms with Gasteiger partial charge in [-0.05, 0) is 38.1 Å². The Hall–Kier alpha value is -2.39. The standard InChI is InChI=1S/C17H18N4O3S2/c1-10(16(22)19-12-4-6-14(23-3)7-5-12)26-17-21-20-15(24-17)8-13-9-25-11(2)18-13/h4-7,9-10H,8H2,1-3H3,(H,19,22)/t10-/m1/s1. The van der Waals surface area contributed by atoms with E-state index in [0.717, 1.165) is 16.5 Å². The number of carbonyl (C=O) groups excluding carboxylic acids is 1. The van der Waals surface area contributed by atoms with Crippen molar-refractivity contribution in [3.05, 3.63) is 46.2 Å². The summed E-state index contributed by atoms with van der Waals surface area (Å²) in [6, 6.07) is 7.15. The van der Waals surface area contributed by atoms with E-state index in [4.69, 9.17) is 9.15 Å². The number of aromatic nitrogens is 3. The van der Waals surface area contributed by atoms with Crippen molar-refractivity contribution >= 4 is 34.7 Å². The number of rotatable bonds is 7.